The Balaban J connectivity index is 2.32. The summed E-state index contributed by atoms with van der Waals surface area (Å²) in [6.07, 6.45) is 5.33. The lowest BCUT2D eigenvalue weighted by Crippen LogP contribution is -2.26. The predicted octanol–water partition coefficient (Wildman–Crippen LogP) is 1.13. The topological polar surface area (TPSA) is 65.8 Å². The van der Waals surface area contributed by atoms with Crippen molar-refractivity contribution in [3.63, 3.8) is 0 Å². The number of aromatic nitrogens is 3. The molecule has 0 aliphatic rings. The van der Waals surface area contributed by atoms with E-state index in [1.54, 1.807) is 21.5 Å². The van der Waals surface area contributed by atoms with Crippen LogP contribution < -0.4 is 11.4 Å². The van der Waals surface area contributed by atoms with E-state index in [1.807, 2.05) is 32.2 Å². The van der Waals surface area contributed by atoms with Crippen LogP contribution >= 0.6 is 0 Å². The first-order valence-electron chi connectivity index (χ1n) is 6.03. The van der Waals surface area contributed by atoms with Crippen LogP contribution in [0.5, 0.6) is 0 Å². The highest BCUT2D eigenvalue weighted by molar-refractivity contribution is 5.20. The van der Waals surface area contributed by atoms with Gasteiger partial charge >= 0.3 is 5.69 Å². The summed E-state index contributed by atoms with van der Waals surface area (Å²) in [5.74, 6) is 0. The van der Waals surface area contributed by atoms with Crippen LogP contribution in [0.15, 0.2) is 35.5 Å². The Morgan fingerprint density at radius 1 is 1.39 bits per heavy atom. The van der Waals surface area contributed by atoms with Crippen LogP contribution in [0.4, 0.5) is 0 Å². The van der Waals surface area contributed by atoms with Crippen molar-refractivity contribution in [3.05, 3.63) is 52.5 Å². The van der Waals surface area contributed by atoms with E-state index in [2.05, 4.69) is 4.98 Å². The van der Waals surface area contributed by atoms with E-state index < -0.39 is 0 Å². The minimum Gasteiger partial charge on any atom is -0.325 e. The Labute approximate surface area is 106 Å². The third kappa shape index (κ3) is 2.36. The third-order valence-electron chi connectivity index (χ3n) is 2.95. The zero-order valence-electron chi connectivity index (χ0n) is 10.7. The summed E-state index contributed by atoms with van der Waals surface area (Å²) in [5.41, 5.74) is 7.46. The minimum absolute atomic E-state index is 0.00294. The summed E-state index contributed by atoms with van der Waals surface area (Å²) in [4.78, 5) is 16.3. The number of nitrogens with two attached hydrogens (primary N) is 1. The van der Waals surface area contributed by atoms with E-state index in [4.69, 9.17) is 5.73 Å². The second-order valence-corrected chi connectivity index (χ2v) is 4.52. The summed E-state index contributed by atoms with van der Waals surface area (Å²) < 4.78 is 3.38. The van der Waals surface area contributed by atoms with Crippen molar-refractivity contribution in [2.45, 2.75) is 33.0 Å². The molecule has 0 aromatic carbocycles. The van der Waals surface area contributed by atoms with Crippen LogP contribution in [-0.2, 0) is 13.1 Å². The molecule has 2 aromatic rings. The molecule has 0 fully saturated rings. The normalized spacial score (nSPS) is 11.1. The van der Waals surface area contributed by atoms with Crippen molar-refractivity contribution >= 4 is 0 Å². The molecule has 0 atom stereocenters. The number of nitrogens with zero attached hydrogens (tertiary/aromatic N) is 3. The summed E-state index contributed by atoms with van der Waals surface area (Å²) in [6, 6.07) is 3.98. The van der Waals surface area contributed by atoms with E-state index in [9.17, 15) is 4.79 Å². The molecule has 18 heavy (non-hydrogen) atoms. The van der Waals surface area contributed by atoms with Gasteiger partial charge < -0.3 is 5.73 Å². The van der Waals surface area contributed by atoms with Gasteiger partial charge in [0.1, 0.15) is 0 Å². The first-order chi connectivity index (χ1) is 8.63. The molecule has 2 aromatic heterocycles. The molecule has 0 bridgehead atoms. The van der Waals surface area contributed by atoms with Crippen LogP contribution in [-0.4, -0.2) is 14.1 Å². The van der Waals surface area contributed by atoms with Gasteiger partial charge in [0.2, 0.25) is 0 Å². The van der Waals surface area contributed by atoms with Crippen LogP contribution in [0.25, 0.3) is 0 Å². The Morgan fingerprint density at radius 3 is 2.78 bits per heavy atom. The molecule has 2 N–H and O–H groups in total. The lowest BCUT2D eigenvalue weighted by Gasteiger charge is -2.07. The highest BCUT2D eigenvalue weighted by atomic mass is 16.1. The quantitative estimate of drug-likeness (QED) is 0.879. The number of hydrogen-bond donors (Lipinski definition) is 1. The standard InChI is InChI=1S/C13H18N4O/c1-10(2)17-7-6-16(13(17)18)9-11-4-3-5-15-12(11)8-14/h3-7,10H,8-9,14H2,1-2H3. The van der Waals surface area contributed by atoms with Gasteiger partial charge in [-0.2, -0.15) is 0 Å². The van der Waals surface area contributed by atoms with E-state index >= 15 is 0 Å². The van der Waals surface area contributed by atoms with Gasteiger partial charge in [-0.15, -0.1) is 0 Å². The lowest BCUT2D eigenvalue weighted by molar-refractivity contribution is 0.560. The number of hydrogen-bond acceptors (Lipinski definition) is 3. The third-order valence-corrected chi connectivity index (χ3v) is 2.95. The predicted molar refractivity (Wildman–Crippen MR) is 70.3 cm³/mol. The molecule has 0 aliphatic carbocycles. The smallest absolute Gasteiger partial charge is 0.325 e. The molecule has 0 spiro atoms. The molecule has 0 radical (unpaired) electrons. The van der Waals surface area contributed by atoms with Crippen molar-refractivity contribution < 1.29 is 0 Å². The molecule has 0 unspecified atom stereocenters. The average molecular weight is 246 g/mol. The highest BCUT2D eigenvalue weighted by Gasteiger charge is 2.08. The maximum Gasteiger partial charge on any atom is 0.328 e. The Bertz CT molecular complexity index is 583. The van der Waals surface area contributed by atoms with Crippen LogP contribution in [0.3, 0.4) is 0 Å². The van der Waals surface area contributed by atoms with Gasteiger partial charge in [-0.05, 0) is 25.5 Å². The van der Waals surface area contributed by atoms with E-state index in [0.717, 1.165) is 11.3 Å². The first kappa shape index (κ1) is 12.6. The van der Waals surface area contributed by atoms with Crippen molar-refractivity contribution in [2.75, 3.05) is 0 Å². The Kier molecular flexibility index (Phi) is 3.62. The molecule has 5 nitrogen and oxygen atoms in total. The molecule has 0 saturated carbocycles. The summed E-state index contributed by atoms with van der Waals surface area (Å²) >= 11 is 0. The first-order valence-corrected chi connectivity index (χ1v) is 6.03. The molecule has 0 amide bonds. The van der Waals surface area contributed by atoms with Crippen LogP contribution in [0.1, 0.15) is 31.1 Å². The monoisotopic (exact) mass is 246 g/mol. The van der Waals surface area contributed by atoms with Crippen molar-refractivity contribution in [1.29, 1.82) is 0 Å². The zero-order valence-corrected chi connectivity index (χ0v) is 10.7. The number of pyridine rings is 1. The molecular formula is C13H18N4O. The van der Waals surface area contributed by atoms with Crippen molar-refractivity contribution in [3.8, 4) is 0 Å². The second kappa shape index (κ2) is 5.18. The fraction of sp³-hybridized carbons (Fsp3) is 0.385. The molecule has 96 valence electrons. The van der Waals surface area contributed by atoms with Crippen molar-refractivity contribution in [1.82, 2.24) is 14.1 Å². The Hall–Kier alpha value is -1.88. The number of imidazole rings is 1. The molecule has 2 rings (SSSR count). The molecular weight excluding hydrogens is 228 g/mol. The fourth-order valence-corrected chi connectivity index (χ4v) is 1.92. The highest BCUT2D eigenvalue weighted by Crippen LogP contribution is 2.07. The molecule has 5 heteroatoms. The maximum atomic E-state index is 12.1. The van der Waals surface area contributed by atoms with Crippen LogP contribution in [0, 0.1) is 0 Å². The lowest BCUT2D eigenvalue weighted by atomic mass is 10.2. The van der Waals surface area contributed by atoms with Gasteiger partial charge in [-0.1, -0.05) is 6.07 Å². The van der Waals surface area contributed by atoms with Gasteiger partial charge in [-0.3, -0.25) is 14.1 Å². The van der Waals surface area contributed by atoms with Gasteiger partial charge in [0.05, 0.1) is 12.2 Å². The molecule has 0 aliphatic heterocycles. The molecule has 0 saturated heterocycles. The van der Waals surface area contributed by atoms with E-state index in [0.29, 0.717) is 13.1 Å². The zero-order chi connectivity index (χ0) is 13.1. The van der Waals surface area contributed by atoms with Crippen molar-refractivity contribution in [2.24, 2.45) is 5.73 Å². The fourth-order valence-electron chi connectivity index (χ4n) is 1.92. The van der Waals surface area contributed by atoms with E-state index in [1.165, 1.54) is 0 Å². The van der Waals surface area contributed by atoms with E-state index in [-0.39, 0.29) is 11.7 Å². The minimum atomic E-state index is -0.00294. The average Bonchev–Trinajstić information content (AvgIpc) is 2.72. The van der Waals surface area contributed by atoms with Gasteiger partial charge in [0.15, 0.2) is 0 Å². The number of rotatable bonds is 4. The largest absolute Gasteiger partial charge is 0.328 e. The SMILES string of the molecule is CC(C)n1ccn(Cc2cccnc2CN)c1=O. The summed E-state index contributed by atoms with van der Waals surface area (Å²) in [7, 11) is 0. The van der Waals surface area contributed by atoms with Gasteiger partial charge in [-0.25, -0.2) is 4.79 Å². The maximum absolute atomic E-state index is 12.1. The van der Waals surface area contributed by atoms with Crippen LogP contribution in [0.2, 0.25) is 0 Å². The Morgan fingerprint density at radius 2 is 2.17 bits per heavy atom. The summed E-state index contributed by atoms with van der Waals surface area (Å²) in [6.45, 7) is 4.87. The second-order valence-electron chi connectivity index (χ2n) is 4.52. The molecule has 2 heterocycles. The van der Waals surface area contributed by atoms with Gasteiger partial charge in [0, 0.05) is 31.2 Å². The summed E-state index contributed by atoms with van der Waals surface area (Å²) in [5, 5.41) is 0. The van der Waals surface area contributed by atoms with Gasteiger partial charge in [0.25, 0.3) is 0 Å².